The van der Waals surface area contributed by atoms with Crippen LogP contribution in [0.15, 0.2) is 18.3 Å². The third-order valence-electron chi connectivity index (χ3n) is 3.35. The van der Waals surface area contributed by atoms with Crippen LogP contribution in [-0.2, 0) is 0 Å². The Hall–Kier alpha value is -1.09. The minimum absolute atomic E-state index is 0.488. The molecule has 0 aliphatic carbocycles. The molecule has 1 aromatic heterocycles. The molecule has 1 atom stereocenters. The molecular weight excluding hydrogens is 210 g/mol. The Labute approximate surface area is 104 Å². The molecule has 1 unspecified atom stereocenters. The van der Waals surface area contributed by atoms with Crippen LogP contribution in [0.3, 0.4) is 0 Å². The van der Waals surface area contributed by atoms with Crippen LogP contribution < -0.4 is 10.6 Å². The topological polar surface area (TPSA) is 37.0 Å². The number of hydrogen-bond acceptors (Lipinski definition) is 3. The average molecular weight is 233 g/mol. The standard InChI is InChI=1S/C14H23N3/c1-2-3-9-16-14-12(7-6-11-17-14)13-8-4-5-10-15-13/h6-7,11,13,15H,2-5,8-10H2,1H3,(H,16,17). The molecule has 0 amide bonds. The smallest absolute Gasteiger partial charge is 0.130 e. The molecule has 3 nitrogen and oxygen atoms in total. The minimum atomic E-state index is 0.488. The predicted molar refractivity (Wildman–Crippen MR) is 72.2 cm³/mol. The Kier molecular flexibility index (Phi) is 4.80. The maximum atomic E-state index is 4.47. The molecule has 0 bridgehead atoms. The summed E-state index contributed by atoms with van der Waals surface area (Å²) in [6.07, 6.45) is 8.15. The fourth-order valence-electron chi connectivity index (χ4n) is 2.35. The van der Waals surface area contributed by atoms with Crippen LogP contribution in [0.4, 0.5) is 5.82 Å². The molecule has 1 aliphatic rings. The third kappa shape index (κ3) is 3.43. The summed E-state index contributed by atoms with van der Waals surface area (Å²) >= 11 is 0. The highest BCUT2D eigenvalue weighted by Gasteiger charge is 2.17. The van der Waals surface area contributed by atoms with Gasteiger partial charge in [-0.25, -0.2) is 4.98 Å². The van der Waals surface area contributed by atoms with Gasteiger partial charge in [-0.1, -0.05) is 25.8 Å². The maximum Gasteiger partial charge on any atom is 0.130 e. The van der Waals surface area contributed by atoms with Crippen molar-refractivity contribution in [3.63, 3.8) is 0 Å². The molecule has 0 spiro atoms. The van der Waals surface area contributed by atoms with Gasteiger partial charge in [0, 0.05) is 24.3 Å². The first-order valence-corrected chi connectivity index (χ1v) is 6.84. The van der Waals surface area contributed by atoms with Gasteiger partial charge in [-0.2, -0.15) is 0 Å². The van der Waals surface area contributed by atoms with E-state index < -0.39 is 0 Å². The first kappa shape index (κ1) is 12.4. The van der Waals surface area contributed by atoms with Crippen LogP contribution >= 0.6 is 0 Å². The lowest BCUT2D eigenvalue weighted by atomic mass is 9.98. The lowest BCUT2D eigenvalue weighted by Crippen LogP contribution is -2.27. The summed E-state index contributed by atoms with van der Waals surface area (Å²) in [6.45, 7) is 4.37. The average Bonchev–Trinajstić information content (AvgIpc) is 2.41. The van der Waals surface area contributed by atoms with E-state index in [1.807, 2.05) is 12.3 Å². The van der Waals surface area contributed by atoms with Crippen LogP contribution in [0.25, 0.3) is 0 Å². The SMILES string of the molecule is CCCCNc1ncccc1C1CCCCN1. The van der Waals surface area contributed by atoms with Gasteiger partial charge in [0.15, 0.2) is 0 Å². The van der Waals surface area contributed by atoms with E-state index in [1.165, 1.54) is 37.7 Å². The van der Waals surface area contributed by atoms with E-state index in [9.17, 15) is 0 Å². The van der Waals surface area contributed by atoms with Gasteiger partial charge in [0.05, 0.1) is 0 Å². The molecule has 0 aromatic carbocycles. The van der Waals surface area contributed by atoms with Crippen LogP contribution in [0.1, 0.15) is 50.6 Å². The lowest BCUT2D eigenvalue weighted by molar-refractivity contribution is 0.412. The zero-order chi connectivity index (χ0) is 11.9. The van der Waals surface area contributed by atoms with E-state index in [1.54, 1.807) is 0 Å². The highest BCUT2D eigenvalue weighted by atomic mass is 15.0. The van der Waals surface area contributed by atoms with E-state index in [-0.39, 0.29) is 0 Å². The number of piperidine rings is 1. The Morgan fingerprint density at radius 1 is 1.47 bits per heavy atom. The molecule has 17 heavy (non-hydrogen) atoms. The molecule has 1 aromatic rings. The van der Waals surface area contributed by atoms with E-state index in [2.05, 4.69) is 28.6 Å². The monoisotopic (exact) mass is 233 g/mol. The molecule has 1 saturated heterocycles. The molecule has 2 N–H and O–H groups in total. The van der Waals surface area contributed by atoms with E-state index in [4.69, 9.17) is 0 Å². The van der Waals surface area contributed by atoms with Crippen molar-refractivity contribution in [3.05, 3.63) is 23.9 Å². The Balaban J connectivity index is 2.03. The molecule has 94 valence electrons. The summed E-state index contributed by atoms with van der Waals surface area (Å²) in [5, 5.41) is 7.05. The Morgan fingerprint density at radius 2 is 2.41 bits per heavy atom. The van der Waals surface area contributed by atoms with Gasteiger partial charge in [0.2, 0.25) is 0 Å². The van der Waals surface area contributed by atoms with Crippen LogP contribution in [0, 0.1) is 0 Å². The zero-order valence-corrected chi connectivity index (χ0v) is 10.7. The second-order valence-corrected chi connectivity index (χ2v) is 4.72. The minimum Gasteiger partial charge on any atom is -0.370 e. The highest BCUT2D eigenvalue weighted by Crippen LogP contribution is 2.27. The molecule has 2 heterocycles. The molecule has 1 aliphatic heterocycles. The number of nitrogens with one attached hydrogen (secondary N) is 2. The second kappa shape index (κ2) is 6.60. The number of aromatic nitrogens is 1. The zero-order valence-electron chi connectivity index (χ0n) is 10.7. The summed E-state index contributed by atoms with van der Waals surface area (Å²) in [5.41, 5.74) is 1.34. The van der Waals surface area contributed by atoms with Gasteiger partial charge in [-0.15, -0.1) is 0 Å². The number of rotatable bonds is 5. The van der Waals surface area contributed by atoms with Gasteiger partial charge in [0.25, 0.3) is 0 Å². The van der Waals surface area contributed by atoms with Gasteiger partial charge in [-0.3, -0.25) is 0 Å². The molecular formula is C14H23N3. The number of unbranched alkanes of at least 4 members (excludes halogenated alkanes) is 1. The van der Waals surface area contributed by atoms with Gasteiger partial charge in [-0.05, 0) is 31.9 Å². The lowest BCUT2D eigenvalue weighted by Gasteiger charge is -2.25. The second-order valence-electron chi connectivity index (χ2n) is 4.72. The molecule has 0 radical (unpaired) electrons. The third-order valence-corrected chi connectivity index (χ3v) is 3.35. The van der Waals surface area contributed by atoms with Gasteiger partial charge in [0.1, 0.15) is 5.82 Å². The van der Waals surface area contributed by atoms with E-state index in [0.717, 1.165) is 18.9 Å². The van der Waals surface area contributed by atoms with E-state index >= 15 is 0 Å². The fraction of sp³-hybridized carbons (Fsp3) is 0.643. The first-order chi connectivity index (χ1) is 8.42. The van der Waals surface area contributed by atoms with Gasteiger partial charge >= 0.3 is 0 Å². The largest absolute Gasteiger partial charge is 0.370 e. The van der Waals surface area contributed by atoms with Crippen molar-refractivity contribution in [2.75, 3.05) is 18.4 Å². The Morgan fingerprint density at radius 3 is 3.18 bits per heavy atom. The number of nitrogens with zero attached hydrogens (tertiary/aromatic N) is 1. The summed E-state index contributed by atoms with van der Waals surface area (Å²) < 4.78 is 0. The summed E-state index contributed by atoms with van der Waals surface area (Å²) in [6, 6.07) is 4.72. The maximum absolute atomic E-state index is 4.47. The molecule has 1 fully saturated rings. The predicted octanol–water partition coefficient (Wildman–Crippen LogP) is 3.11. The summed E-state index contributed by atoms with van der Waals surface area (Å²) in [4.78, 5) is 4.47. The van der Waals surface area contributed by atoms with Crippen LogP contribution in [0.2, 0.25) is 0 Å². The van der Waals surface area contributed by atoms with Crippen molar-refractivity contribution in [1.29, 1.82) is 0 Å². The summed E-state index contributed by atoms with van der Waals surface area (Å²) in [7, 11) is 0. The molecule has 2 rings (SSSR count). The molecule has 0 saturated carbocycles. The quantitative estimate of drug-likeness (QED) is 0.767. The summed E-state index contributed by atoms with van der Waals surface area (Å²) in [5.74, 6) is 1.07. The van der Waals surface area contributed by atoms with Crippen molar-refractivity contribution in [2.45, 2.75) is 45.1 Å². The van der Waals surface area contributed by atoms with Crippen molar-refractivity contribution >= 4 is 5.82 Å². The number of pyridine rings is 1. The van der Waals surface area contributed by atoms with Crippen molar-refractivity contribution in [2.24, 2.45) is 0 Å². The van der Waals surface area contributed by atoms with Crippen molar-refractivity contribution in [3.8, 4) is 0 Å². The number of hydrogen-bond donors (Lipinski definition) is 2. The van der Waals surface area contributed by atoms with Crippen LogP contribution in [0.5, 0.6) is 0 Å². The van der Waals surface area contributed by atoms with Crippen molar-refractivity contribution in [1.82, 2.24) is 10.3 Å². The highest BCUT2D eigenvalue weighted by molar-refractivity contribution is 5.45. The fourth-order valence-corrected chi connectivity index (χ4v) is 2.35. The normalized spacial score (nSPS) is 20.2. The Bertz CT molecular complexity index is 332. The van der Waals surface area contributed by atoms with E-state index in [0.29, 0.717) is 6.04 Å². The molecule has 3 heteroatoms. The van der Waals surface area contributed by atoms with Gasteiger partial charge < -0.3 is 10.6 Å². The van der Waals surface area contributed by atoms with Crippen LogP contribution in [-0.4, -0.2) is 18.1 Å². The first-order valence-electron chi connectivity index (χ1n) is 6.84. The number of anilines is 1. The van der Waals surface area contributed by atoms with Crippen molar-refractivity contribution < 1.29 is 0 Å².